The van der Waals surface area contributed by atoms with Crippen LogP contribution in [0.25, 0.3) is 0 Å². The highest BCUT2D eigenvalue weighted by Gasteiger charge is 2.11. The van der Waals surface area contributed by atoms with E-state index in [0.717, 1.165) is 17.0 Å². The van der Waals surface area contributed by atoms with Gasteiger partial charge in [0.2, 0.25) is 5.91 Å². The lowest BCUT2D eigenvalue weighted by atomic mass is 10.1. The molecule has 6 heteroatoms. The molecule has 2 N–H and O–H groups in total. The molecule has 0 unspecified atom stereocenters. The highest BCUT2D eigenvalue weighted by Crippen LogP contribution is 2.13. The first-order chi connectivity index (χ1) is 10.4. The third kappa shape index (κ3) is 3.52. The Labute approximate surface area is 129 Å². The minimum atomic E-state index is -0.156. The van der Waals surface area contributed by atoms with Crippen molar-refractivity contribution in [1.29, 1.82) is 0 Å². The van der Waals surface area contributed by atoms with Crippen LogP contribution >= 0.6 is 0 Å². The van der Waals surface area contributed by atoms with Crippen molar-refractivity contribution >= 4 is 17.5 Å². The van der Waals surface area contributed by atoms with Gasteiger partial charge in [-0.15, -0.1) is 0 Å². The van der Waals surface area contributed by atoms with Crippen molar-refractivity contribution in [3.63, 3.8) is 0 Å². The van der Waals surface area contributed by atoms with Gasteiger partial charge in [0.15, 0.2) is 0 Å². The van der Waals surface area contributed by atoms with Crippen LogP contribution in [0.1, 0.15) is 34.2 Å². The van der Waals surface area contributed by atoms with Gasteiger partial charge in [0.25, 0.3) is 5.91 Å². The summed E-state index contributed by atoms with van der Waals surface area (Å²) in [5.41, 5.74) is 4.21. The number of anilines is 1. The molecule has 1 aromatic heterocycles. The maximum atomic E-state index is 12.2. The van der Waals surface area contributed by atoms with E-state index in [4.69, 9.17) is 0 Å². The molecule has 0 fully saturated rings. The number of aryl methyl sites for hydroxylation is 2. The summed E-state index contributed by atoms with van der Waals surface area (Å²) in [5.74, 6) is -0.295. The normalized spacial score (nSPS) is 10.4. The molecule has 0 atom stereocenters. The largest absolute Gasteiger partial charge is 0.348 e. The van der Waals surface area contributed by atoms with Crippen LogP contribution in [0.2, 0.25) is 0 Å². The Kier molecular flexibility index (Phi) is 4.60. The quantitative estimate of drug-likeness (QED) is 0.906. The molecule has 0 aliphatic heterocycles. The SMILES string of the molecule is CC(=O)Nc1ccc(C(=O)NCc2c(C)nn(C)c2C)cc1. The molecule has 2 aromatic rings. The predicted octanol–water partition coefficient (Wildman–Crippen LogP) is 1.93. The molecule has 2 rings (SSSR count). The lowest BCUT2D eigenvalue weighted by Crippen LogP contribution is -2.23. The fourth-order valence-corrected chi connectivity index (χ4v) is 2.25. The molecule has 2 amide bonds. The summed E-state index contributed by atoms with van der Waals surface area (Å²) < 4.78 is 1.80. The molecule has 116 valence electrons. The second-order valence-corrected chi connectivity index (χ2v) is 5.21. The van der Waals surface area contributed by atoms with E-state index in [1.807, 2.05) is 20.9 Å². The summed E-state index contributed by atoms with van der Waals surface area (Å²) in [7, 11) is 1.88. The zero-order valence-corrected chi connectivity index (χ0v) is 13.2. The third-order valence-corrected chi connectivity index (χ3v) is 3.55. The topological polar surface area (TPSA) is 76.0 Å². The Morgan fingerprint density at radius 2 is 1.82 bits per heavy atom. The maximum absolute atomic E-state index is 12.2. The number of hydrogen-bond acceptors (Lipinski definition) is 3. The number of nitrogens with one attached hydrogen (secondary N) is 2. The van der Waals surface area contributed by atoms with Crippen molar-refractivity contribution in [3.8, 4) is 0 Å². The maximum Gasteiger partial charge on any atom is 0.251 e. The first-order valence-electron chi connectivity index (χ1n) is 7.03. The smallest absolute Gasteiger partial charge is 0.251 e. The van der Waals surface area contributed by atoms with Crippen LogP contribution in [0.5, 0.6) is 0 Å². The molecule has 0 aliphatic rings. The lowest BCUT2D eigenvalue weighted by molar-refractivity contribution is -0.114. The number of amides is 2. The number of aromatic nitrogens is 2. The van der Waals surface area contributed by atoms with E-state index in [-0.39, 0.29) is 11.8 Å². The average Bonchev–Trinajstić information content (AvgIpc) is 2.70. The van der Waals surface area contributed by atoms with E-state index in [2.05, 4.69) is 15.7 Å². The molecule has 0 radical (unpaired) electrons. The van der Waals surface area contributed by atoms with Gasteiger partial charge in [-0.3, -0.25) is 14.3 Å². The minimum absolute atomic E-state index is 0.139. The molecule has 1 aromatic carbocycles. The predicted molar refractivity (Wildman–Crippen MR) is 84.6 cm³/mol. The number of benzene rings is 1. The lowest BCUT2D eigenvalue weighted by Gasteiger charge is -2.07. The van der Waals surface area contributed by atoms with Crippen molar-refractivity contribution in [3.05, 3.63) is 46.8 Å². The number of carbonyl (C=O) groups is 2. The first kappa shape index (κ1) is 15.8. The van der Waals surface area contributed by atoms with Crippen LogP contribution < -0.4 is 10.6 Å². The summed E-state index contributed by atoms with van der Waals surface area (Å²) in [6.45, 7) is 5.79. The van der Waals surface area contributed by atoms with E-state index < -0.39 is 0 Å². The van der Waals surface area contributed by atoms with Gasteiger partial charge in [-0.25, -0.2) is 0 Å². The van der Waals surface area contributed by atoms with Crippen LogP contribution in [0.4, 0.5) is 5.69 Å². The zero-order chi connectivity index (χ0) is 16.3. The van der Waals surface area contributed by atoms with Gasteiger partial charge in [0, 0.05) is 43.0 Å². The Bertz CT molecular complexity index is 702. The molecule has 1 heterocycles. The van der Waals surface area contributed by atoms with E-state index in [1.54, 1.807) is 28.9 Å². The number of rotatable bonds is 4. The van der Waals surface area contributed by atoms with Crippen LogP contribution in [-0.2, 0) is 18.4 Å². The monoisotopic (exact) mass is 300 g/mol. The second-order valence-electron chi connectivity index (χ2n) is 5.21. The summed E-state index contributed by atoms with van der Waals surface area (Å²) in [5, 5.41) is 9.88. The highest BCUT2D eigenvalue weighted by molar-refractivity contribution is 5.95. The Balaban J connectivity index is 2.01. The first-order valence-corrected chi connectivity index (χ1v) is 7.03. The van der Waals surface area contributed by atoms with Crippen molar-refractivity contribution in [2.75, 3.05) is 5.32 Å². The van der Waals surface area contributed by atoms with Crippen LogP contribution in [0.3, 0.4) is 0 Å². The highest BCUT2D eigenvalue weighted by atomic mass is 16.2. The van der Waals surface area contributed by atoms with Crippen molar-refractivity contribution in [2.45, 2.75) is 27.3 Å². The molecule has 22 heavy (non-hydrogen) atoms. The van der Waals surface area contributed by atoms with Crippen LogP contribution in [0, 0.1) is 13.8 Å². The molecule has 6 nitrogen and oxygen atoms in total. The minimum Gasteiger partial charge on any atom is -0.348 e. The van der Waals surface area contributed by atoms with Crippen LogP contribution in [-0.4, -0.2) is 21.6 Å². The standard InChI is InChI=1S/C16H20N4O2/c1-10-15(11(2)20(4)19-10)9-17-16(22)13-5-7-14(8-6-13)18-12(3)21/h5-8H,9H2,1-4H3,(H,17,22)(H,18,21). The van der Waals surface area contributed by atoms with Crippen molar-refractivity contribution in [2.24, 2.45) is 7.05 Å². The van der Waals surface area contributed by atoms with E-state index >= 15 is 0 Å². The number of nitrogens with zero attached hydrogens (tertiary/aromatic N) is 2. The molecular formula is C16H20N4O2. The number of hydrogen-bond donors (Lipinski definition) is 2. The van der Waals surface area contributed by atoms with E-state index in [1.165, 1.54) is 6.92 Å². The zero-order valence-electron chi connectivity index (χ0n) is 13.2. The van der Waals surface area contributed by atoms with E-state index in [0.29, 0.717) is 17.8 Å². The Morgan fingerprint density at radius 1 is 1.18 bits per heavy atom. The van der Waals surface area contributed by atoms with Crippen molar-refractivity contribution in [1.82, 2.24) is 15.1 Å². The van der Waals surface area contributed by atoms with Gasteiger partial charge >= 0.3 is 0 Å². The fraction of sp³-hybridized carbons (Fsp3) is 0.312. The molecule has 0 spiro atoms. The average molecular weight is 300 g/mol. The van der Waals surface area contributed by atoms with Gasteiger partial charge in [0.05, 0.1) is 5.69 Å². The van der Waals surface area contributed by atoms with Crippen molar-refractivity contribution < 1.29 is 9.59 Å². The van der Waals surface area contributed by atoms with Gasteiger partial charge in [-0.2, -0.15) is 5.10 Å². The van der Waals surface area contributed by atoms with Crippen LogP contribution in [0.15, 0.2) is 24.3 Å². The van der Waals surface area contributed by atoms with Gasteiger partial charge in [0.1, 0.15) is 0 Å². The summed E-state index contributed by atoms with van der Waals surface area (Å²) in [4.78, 5) is 23.1. The Hall–Kier alpha value is -2.63. The van der Waals surface area contributed by atoms with E-state index in [9.17, 15) is 9.59 Å². The number of carbonyl (C=O) groups excluding carboxylic acids is 2. The summed E-state index contributed by atoms with van der Waals surface area (Å²) >= 11 is 0. The summed E-state index contributed by atoms with van der Waals surface area (Å²) in [6.07, 6.45) is 0. The van der Waals surface area contributed by atoms with Gasteiger partial charge in [-0.05, 0) is 38.1 Å². The molecule has 0 aliphatic carbocycles. The van der Waals surface area contributed by atoms with Gasteiger partial charge < -0.3 is 10.6 Å². The molecular weight excluding hydrogens is 280 g/mol. The Morgan fingerprint density at radius 3 is 2.32 bits per heavy atom. The van der Waals surface area contributed by atoms with Gasteiger partial charge in [-0.1, -0.05) is 0 Å². The molecule has 0 saturated carbocycles. The second kappa shape index (κ2) is 6.43. The molecule has 0 saturated heterocycles. The third-order valence-electron chi connectivity index (χ3n) is 3.55. The molecule has 0 bridgehead atoms. The summed E-state index contributed by atoms with van der Waals surface area (Å²) in [6, 6.07) is 6.78. The fourth-order valence-electron chi connectivity index (χ4n) is 2.25.